The Kier molecular flexibility index (Phi) is 5.64. The number of nitrogens with zero attached hydrogens (tertiary/aromatic N) is 1. The van der Waals surface area contributed by atoms with Gasteiger partial charge < -0.3 is 15.0 Å². The second-order valence-corrected chi connectivity index (χ2v) is 6.08. The van der Waals surface area contributed by atoms with Crippen molar-refractivity contribution in [1.82, 2.24) is 10.2 Å². The number of carbonyl (C=O) groups excluding carboxylic acids is 1. The highest BCUT2D eigenvalue weighted by Gasteiger charge is 2.26. The van der Waals surface area contributed by atoms with Gasteiger partial charge in [-0.25, -0.2) is 0 Å². The van der Waals surface area contributed by atoms with E-state index in [4.69, 9.17) is 4.74 Å². The van der Waals surface area contributed by atoms with Gasteiger partial charge in [-0.2, -0.15) is 0 Å². The summed E-state index contributed by atoms with van der Waals surface area (Å²) in [5.41, 5.74) is 0. The molecule has 0 aromatic heterocycles. The van der Waals surface area contributed by atoms with Gasteiger partial charge >= 0.3 is 0 Å². The van der Waals surface area contributed by atoms with Crippen molar-refractivity contribution in [1.29, 1.82) is 0 Å². The van der Waals surface area contributed by atoms with Gasteiger partial charge in [0.25, 0.3) is 0 Å². The zero-order valence-electron chi connectivity index (χ0n) is 12.4. The topological polar surface area (TPSA) is 41.6 Å². The van der Waals surface area contributed by atoms with Crippen LogP contribution in [0.3, 0.4) is 0 Å². The van der Waals surface area contributed by atoms with Crippen LogP contribution in [-0.2, 0) is 9.53 Å². The Bertz CT molecular complexity index is 296. The first-order chi connectivity index (χ1) is 9.20. The van der Waals surface area contributed by atoms with Crippen LogP contribution in [0.15, 0.2) is 0 Å². The summed E-state index contributed by atoms with van der Waals surface area (Å²) in [5.74, 6) is 0.769. The Morgan fingerprint density at radius 1 is 1.26 bits per heavy atom. The molecule has 0 radical (unpaired) electrons. The molecule has 1 saturated carbocycles. The van der Waals surface area contributed by atoms with Crippen molar-refractivity contribution in [3.63, 3.8) is 0 Å². The Balaban J connectivity index is 1.74. The third-order valence-electron chi connectivity index (χ3n) is 4.64. The number of amides is 1. The summed E-state index contributed by atoms with van der Waals surface area (Å²) in [6, 6.07) is 0.450. The van der Waals surface area contributed by atoms with Crippen molar-refractivity contribution in [2.24, 2.45) is 5.92 Å². The van der Waals surface area contributed by atoms with E-state index in [1.807, 2.05) is 11.9 Å². The molecule has 2 fully saturated rings. The van der Waals surface area contributed by atoms with Crippen LogP contribution < -0.4 is 5.32 Å². The van der Waals surface area contributed by atoms with Gasteiger partial charge in [-0.3, -0.25) is 4.79 Å². The number of likely N-dealkylation sites (tertiary alicyclic amines) is 1. The maximum Gasteiger partial charge on any atom is 0.248 e. The number of hydrogen-bond acceptors (Lipinski definition) is 3. The van der Waals surface area contributed by atoms with Gasteiger partial charge in [-0.05, 0) is 38.6 Å². The lowest BCUT2D eigenvalue weighted by atomic mass is 9.88. The number of nitrogens with one attached hydrogen (secondary N) is 1. The lowest BCUT2D eigenvalue weighted by Gasteiger charge is -2.34. The quantitative estimate of drug-likeness (QED) is 0.845. The fraction of sp³-hybridized carbons (Fsp3) is 0.933. The summed E-state index contributed by atoms with van der Waals surface area (Å²) in [4.78, 5) is 14.1. The second-order valence-electron chi connectivity index (χ2n) is 6.08. The maximum absolute atomic E-state index is 12.2. The van der Waals surface area contributed by atoms with Gasteiger partial charge in [0, 0.05) is 19.1 Å². The molecule has 4 nitrogen and oxygen atoms in total. The molecule has 1 saturated heterocycles. The molecule has 0 aromatic rings. The van der Waals surface area contributed by atoms with Crippen LogP contribution in [-0.4, -0.2) is 49.7 Å². The van der Waals surface area contributed by atoms with E-state index in [1.165, 1.54) is 25.7 Å². The lowest BCUT2D eigenvalue weighted by Crippen LogP contribution is -2.48. The molecule has 110 valence electrons. The van der Waals surface area contributed by atoms with E-state index < -0.39 is 0 Å². The molecule has 3 unspecified atom stereocenters. The molecular formula is C15H28N2O2. The molecule has 1 aliphatic carbocycles. The van der Waals surface area contributed by atoms with Gasteiger partial charge in [0.2, 0.25) is 5.91 Å². The summed E-state index contributed by atoms with van der Waals surface area (Å²) in [6.45, 7) is 4.23. The van der Waals surface area contributed by atoms with E-state index in [2.05, 4.69) is 12.2 Å². The smallest absolute Gasteiger partial charge is 0.248 e. The highest BCUT2D eigenvalue weighted by Crippen LogP contribution is 2.26. The molecular weight excluding hydrogens is 240 g/mol. The average Bonchev–Trinajstić information content (AvgIpc) is 2.46. The Labute approximate surface area is 116 Å². The molecule has 1 N–H and O–H groups in total. The van der Waals surface area contributed by atoms with Crippen LogP contribution in [0.1, 0.15) is 45.4 Å². The Hall–Kier alpha value is -0.610. The van der Waals surface area contributed by atoms with Gasteiger partial charge in [0.15, 0.2) is 0 Å². The molecule has 3 atom stereocenters. The molecule has 1 aliphatic heterocycles. The summed E-state index contributed by atoms with van der Waals surface area (Å²) < 4.78 is 5.87. The minimum absolute atomic E-state index is 0.165. The fourth-order valence-electron chi connectivity index (χ4n) is 3.24. The molecule has 1 heterocycles. The van der Waals surface area contributed by atoms with Crippen molar-refractivity contribution < 1.29 is 9.53 Å². The van der Waals surface area contributed by atoms with Crippen LogP contribution in [0, 0.1) is 5.92 Å². The highest BCUT2D eigenvalue weighted by molar-refractivity contribution is 5.77. The molecule has 2 rings (SSSR count). The summed E-state index contributed by atoms with van der Waals surface area (Å²) >= 11 is 0. The largest absolute Gasteiger partial charge is 0.368 e. The summed E-state index contributed by atoms with van der Waals surface area (Å²) in [7, 11) is 1.97. The predicted molar refractivity (Wildman–Crippen MR) is 76.0 cm³/mol. The van der Waals surface area contributed by atoms with Crippen LogP contribution >= 0.6 is 0 Å². The minimum atomic E-state index is 0.165. The second kappa shape index (κ2) is 7.25. The first-order valence-electron chi connectivity index (χ1n) is 7.77. The zero-order valence-corrected chi connectivity index (χ0v) is 12.4. The number of ether oxygens (including phenoxy) is 1. The van der Waals surface area contributed by atoms with Crippen LogP contribution in [0.5, 0.6) is 0 Å². The number of piperidine rings is 1. The van der Waals surface area contributed by atoms with E-state index in [0.717, 1.165) is 25.9 Å². The SMILES string of the molecule is CNC1CCCN(C(=O)COC2CCCCC2C)C1. The normalized spacial score (nSPS) is 32.3. The standard InChI is InChI=1S/C15H28N2O2/c1-12-6-3-4-8-14(12)19-11-15(18)17-9-5-7-13(10-17)16-2/h12-14,16H,3-11H2,1-2H3. The number of hydrogen-bond donors (Lipinski definition) is 1. The van der Waals surface area contributed by atoms with Gasteiger partial charge in [-0.15, -0.1) is 0 Å². The molecule has 0 spiro atoms. The molecule has 1 amide bonds. The third kappa shape index (κ3) is 4.18. The fourth-order valence-corrected chi connectivity index (χ4v) is 3.24. The lowest BCUT2D eigenvalue weighted by molar-refractivity contribution is -0.141. The average molecular weight is 268 g/mol. The zero-order chi connectivity index (χ0) is 13.7. The van der Waals surface area contributed by atoms with Crippen molar-refractivity contribution in [3.05, 3.63) is 0 Å². The predicted octanol–water partition coefficient (Wildman–Crippen LogP) is 1.79. The van der Waals surface area contributed by atoms with Crippen molar-refractivity contribution >= 4 is 5.91 Å². The van der Waals surface area contributed by atoms with Crippen LogP contribution in [0.2, 0.25) is 0 Å². The first kappa shape index (κ1) is 14.8. The van der Waals surface area contributed by atoms with Crippen molar-refractivity contribution in [3.8, 4) is 0 Å². The number of likely N-dealkylation sites (N-methyl/N-ethyl adjacent to an activating group) is 1. The first-order valence-corrected chi connectivity index (χ1v) is 7.77. The maximum atomic E-state index is 12.2. The van der Waals surface area contributed by atoms with Crippen molar-refractivity contribution in [2.75, 3.05) is 26.7 Å². The molecule has 4 heteroatoms. The van der Waals surface area contributed by atoms with E-state index in [1.54, 1.807) is 0 Å². The monoisotopic (exact) mass is 268 g/mol. The number of carbonyl (C=O) groups is 1. The molecule has 0 aromatic carbocycles. The van der Waals surface area contributed by atoms with E-state index in [9.17, 15) is 4.79 Å². The van der Waals surface area contributed by atoms with Crippen molar-refractivity contribution in [2.45, 2.75) is 57.6 Å². The Morgan fingerprint density at radius 2 is 2.05 bits per heavy atom. The highest BCUT2D eigenvalue weighted by atomic mass is 16.5. The third-order valence-corrected chi connectivity index (χ3v) is 4.64. The van der Waals surface area contributed by atoms with Crippen LogP contribution in [0.25, 0.3) is 0 Å². The molecule has 19 heavy (non-hydrogen) atoms. The van der Waals surface area contributed by atoms with E-state index in [-0.39, 0.29) is 12.5 Å². The molecule has 0 bridgehead atoms. The summed E-state index contributed by atoms with van der Waals surface area (Å²) in [6.07, 6.45) is 7.47. The van der Waals surface area contributed by atoms with Gasteiger partial charge in [0.05, 0.1) is 6.10 Å². The van der Waals surface area contributed by atoms with Gasteiger partial charge in [-0.1, -0.05) is 19.8 Å². The van der Waals surface area contributed by atoms with Crippen LogP contribution in [0.4, 0.5) is 0 Å². The summed E-state index contributed by atoms with van der Waals surface area (Å²) in [5, 5.41) is 3.27. The minimum Gasteiger partial charge on any atom is -0.368 e. The Morgan fingerprint density at radius 3 is 2.79 bits per heavy atom. The van der Waals surface area contributed by atoms with E-state index >= 15 is 0 Å². The van der Waals surface area contributed by atoms with Gasteiger partial charge in [0.1, 0.15) is 6.61 Å². The number of rotatable bonds is 4. The molecule has 2 aliphatic rings. The van der Waals surface area contributed by atoms with E-state index in [0.29, 0.717) is 18.1 Å².